The fourth-order valence-electron chi connectivity index (χ4n) is 3.35. The molecule has 1 aromatic rings. The average molecular weight is 392 g/mol. The molecule has 28 heavy (non-hydrogen) atoms. The third-order valence-electron chi connectivity index (χ3n) is 5.19. The molecular weight excluding hydrogens is 358 g/mol. The molecule has 0 saturated carbocycles. The fraction of sp³-hybridized carbons (Fsp3) is 0.682. The van der Waals surface area contributed by atoms with Crippen LogP contribution < -0.4 is 0 Å². The zero-order valence-corrected chi connectivity index (χ0v) is 16.9. The largest absolute Gasteiger partial charge is 0.456 e. The molecule has 0 bridgehead atoms. The van der Waals surface area contributed by atoms with Crippen LogP contribution in [0.15, 0.2) is 24.3 Å². The first-order valence-corrected chi connectivity index (χ1v) is 10.7. The Morgan fingerprint density at radius 2 is 1.61 bits per heavy atom. The van der Waals surface area contributed by atoms with E-state index in [0.29, 0.717) is 12.2 Å². The van der Waals surface area contributed by atoms with Gasteiger partial charge in [0, 0.05) is 12.1 Å². The summed E-state index contributed by atoms with van der Waals surface area (Å²) in [6.45, 7) is 2.87. The van der Waals surface area contributed by atoms with Crippen LogP contribution in [0.2, 0.25) is 0 Å². The Balaban J connectivity index is 1.62. The lowest BCUT2D eigenvalue weighted by Crippen LogP contribution is -2.24. The number of nitro benzene ring substituents is 1. The highest BCUT2D eigenvalue weighted by atomic mass is 16.6. The summed E-state index contributed by atoms with van der Waals surface area (Å²) in [5, 5.41) is 10.7. The third kappa shape index (κ3) is 8.38. The number of hydrogen-bond acceptors (Lipinski definition) is 5. The van der Waals surface area contributed by atoms with E-state index >= 15 is 0 Å². The van der Waals surface area contributed by atoms with Crippen LogP contribution in [0.5, 0.6) is 0 Å². The van der Waals surface area contributed by atoms with Gasteiger partial charge in [0.2, 0.25) is 0 Å². The highest BCUT2D eigenvalue weighted by Gasteiger charge is 2.35. The van der Waals surface area contributed by atoms with Crippen molar-refractivity contribution in [1.82, 2.24) is 0 Å². The maximum atomic E-state index is 12.3. The first-order valence-electron chi connectivity index (χ1n) is 10.7. The predicted octanol–water partition coefficient (Wildman–Crippen LogP) is 5.83. The van der Waals surface area contributed by atoms with E-state index in [9.17, 15) is 14.9 Å². The first-order chi connectivity index (χ1) is 13.6. The number of nitrogens with zero attached hydrogens (tertiary/aromatic N) is 1. The molecule has 0 spiro atoms. The van der Waals surface area contributed by atoms with Crippen molar-refractivity contribution < 1.29 is 19.2 Å². The van der Waals surface area contributed by atoms with Gasteiger partial charge < -0.3 is 9.47 Å². The lowest BCUT2D eigenvalue weighted by atomic mass is 10.0. The molecule has 1 saturated heterocycles. The number of non-ortho nitro benzene ring substituents is 1. The van der Waals surface area contributed by atoms with Gasteiger partial charge in [-0.25, -0.2) is 4.79 Å². The van der Waals surface area contributed by atoms with Gasteiger partial charge in [-0.3, -0.25) is 10.1 Å². The summed E-state index contributed by atoms with van der Waals surface area (Å²) in [6, 6.07) is 5.51. The maximum Gasteiger partial charge on any atom is 0.338 e. The van der Waals surface area contributed by atoms with Crippen LogP contribution in [0.1, 0.15) is 87.9 Å². The van der Waals surface area contributed by atoms with Crippen LogP contribution in [-0.4, -0.2) is 29.7 Å². The van der Waals surface area contributed by atoms with E-state index in [2.05, 4.69) is 6.92 Å². The topological polar surface area (TPSA) is 82.0 Å². The normalized spacial score (nSPS) is 16.5. The zero-order chi connectivity index (χ0) is 20.2. The number of hydrogen-bond donors (Lipinski definition) is 0. The Bertz CT molecular complexity index is 597. The van der Waals surface area contributed by atoms with Gasteiger partial charge in [-0.1, -0.05) is 64.7 Å². The first kappa shape index (κ1) is 22.3. The lowest BCUT2D eigenvalue weighted by molar-refractivity contribution is -0.384. The molecular formula is C22H33NO5. The number of nitro groups is 1. The Labute approximate surface area is 167 Å². The Kier molecular flexibility index (Phi) is 9.97. The third-order valence-corrected chi connectivity index (χ3v) is 5.19. The minimum Gasteiger partial charge on any atom is -0.456 e. The molecule has 6 nitrogen and oxygen atoms in total. The van der Waals surface area contributed by atoms with Crippen LogP contribution >= 0.6 is 0 Å². The summed E-state index contributed by atoms with van der Waals surface area (Å²) in [7, 11) is 0. The van der Waals surface area contributed by atoms with Crippen molar-refractivity contribution in [3.8, 4) is 0 Å². The summed E-state index contributed by atoms with van der Waals surface area (Å²) in [4.78, 5) is 22.5. The van der Waals surface area contributed by atoms with Crippen molar-refractivity contribution in [1.29, 1.82) is 0 Å². The van der Waals surface area contributed by atoms with Gasteiger partial charge in [0.1, 0.15) is 12.2 Å². The van der Waals surface area contributed by atoms with E-state index < -0.39 is 10.9 Å². The van der Waals surface area contributed by atoms with Crippen LogP contribution in [0.3, 0.4) is 0 Å². The Morgan fingerprint density at radius 3 is 2.11 bits per heavy atom. The number of epoxide rings is 1. The predicted molar refractivity (Wildman–Crippen MR) is 109 cm³/mol. The molecule has 0 radical (unpaired) electrons. The number of benzene rings is 1. The monoisotopic (exact) mass is 391 g/mol. The molecule has 2 atom stereocenters. The SMILES string of the molecule is CCCCCCCCCCCC[C@H](OC(=O)c1ccc([N+](=O)[O-])cc1)[C@@H]1CO1. The quantitative estimate of drug-likeness (QED) is 0.123. The minimum atomic E-state index is -0.485. The molecule has 1 aliphatic heterocycles. The van der Waals surface area contributed by atoms with Crippen molar-refractivity contribution in [2.45, 2.75) is 89.8 Å². The van der Waals surface area contributed by atoms with Gasteiger partial charge in [0.05, 0.1) is 17.1 Å². The Hall–Kier alpha value is -1.95. The second kappa shape index (κ2) is 12.5. The van der Waals surface area contributed by atoms with Crippen LogP contribution in [0.4, 0.5) is 5.69 Å². The van der Waals surface area contributed by atoms with Gasteiger partial charge in [0.15, 0.2) is 0 Å². The van der Waals surface area contributed by atoms with E-state index in [4.69, 9.17) is 9.47 Å². The maximum absolute atomic E-state index is 12.3. The van der Waals surface area contributed by atoms with Gasteiger partial charge in [-0.15, -0.1) is 0 Å². The summed E-state index contributed by atoms with van der Waals surface area (Å²) < 4.78 is 10.9. The van der Waals surface area contributed by atoms with Gasteiger partial charge in [-0.05, 0) is 25.0 Å². The summed E-state index contributed by atoms with van der Waals surface area (Å²) >= 11 is 0. The van der Waals surface area contributed by atoms with E-state index in [0.717, 1.165) is 19.3 Å². The van der Waals surface area contributed by atoms with Crippen LogP contribution in [0.25, 0.3) is 0 Å². The Morgan fingerprint density at radius 1 is 1.07 bits per heavy atom. The number of carbonyl (C=O) groups excluding carboxylic acids is 1. The lowest BCUT2D eigenvalue weighted by Gasteiger charge is -2.16. The molecule has 1 aliphatic rings. The van der Waals surface area contributed by atoms with Gasteiger partial charge in [0.25, 0.3) is 5.69 Å². The van der Waals surface area contributed by atoms with Crippen molar-refractivity contribution in [3.05, 3.63) is 39.9 Å². The second-order valence-electron chi connectivity index (χ2n) is 7.59. The van der Waals surface area contributed by atoms with Crippen molar-refractivity contribution in [2.75, 3.05) is 6.61 Å². The van der Waals surface area contributed by atoms with Crippen molar-refractivity contribution in [2.24, 2.45) is 0 Å². The fourth-order valence-corrected chi connectivity index (χ4v) is 3.35. The zero-order valence-electron chi connectivity index (χ0n) is 16.9. The molecule has 0 unspecified atom stereocenters. The highest BCUT2D eigenvalue weighted by molar-refractivity contribution is 5.89. The van der Waals surface area contributed by atoms with E-state index in [1.807, 2.05) is 0 Å². The number of carbonyl (C=O) groups is 1. The molecule has 0 aliphatic carbocycles. The van der Waals surface area contributed by atoms with E-state index in [-0.39, 0.29) is 17.9 Å². The molecule has 0 N–H and O–H groups in total. The van der Waals surface area contributed by atoms with Crippen molar-refractivity contribution in [3.63, 3.8) is 0 Å². The number of rotatable bonds is 15. The highest BCUT2D eigenvalue weighted by Crippen LogP contribution is 2.24. The van der Waals surface area contributed by atoms with Gasteiger partial charge >= 0.3 is 5.97 Å². The molecule has 0 aromatic heterocycles. The smallest absolute Gasteiger partial charge is 0.338 e. The van der Waals surface area contributed by atoms with Crippen LogP contribution in [0, 0.1) is 10.1 Å². The molecule has 156 valence electrons. The molecule has 1 heterocycles. The molecule has 6 heteroatoms. The van der Waals surface area contributed by atoms with Gasteiger partial charge in [-0.2, -0.15) is 0 Å². The molecule has 1 fully saturated rings. The molecule has 0 amide bonds. The second-order valence-corrected chi connectivity index (χ2v) is 7.59. The minimum absolute atomic E-state index is 0.000522. The standard InChI is InChI=1S/C22H33NO5/c1-2-3-4-5-6-7-8-9-10-11-12-20(21-17-27-21)28-22(24)18-13-15-19(16-14-18)23(25)26/h13-16,20-21H,2-12,17H2,1H3/t20-,21-/m0/s1. The van der Waals surface area contributed by atoms with E-state index in [1.165, 1.54) is 75.6 Å². The number of esters is 1. The average Bonchev–Trinajstić information content (AvgIpc) is 3.53. The summed E-state index contributed by atoms with van der Waals surface area (Å²) in [5.41, 5.74) is 0.295. The van der Waals surface area contributed by atoms with Crippen molar-refractivity contribution >= 4 is 11.7 Å². The molecule has 1 aromatic carbocycles. The number of ether oxygens (including phenoxy) is 2. The molecule has 2 rings (SSSR count). The summed E-state index contributed by atoms with van der Waals surface area (Å²) in [5.74, 6) is -0.442. The number of unbranched alkanes of at least 4 members (excludes halogenated alkanes) is 9. The van der Waals surface area contributed by atoms with E-state index in [1.54, 1.807) is 0 Å². The van der Waals surface area contributed by atoms with Crippen LogP contribution in [-0.2, 0) is 9.47 Å². The summed E-state index contributed by atoms with van der Waals surface area (Å²) in [6.07, 6.45) is 13.3.